The van der Waals surface area contributed by atoms with Gasteiger partial charge in [-0.25, -0.2) is 0 Å². The minimum Gasteiger partial charge on any atom is -0.426 e. The smallest absolute Gasteiger partial charge is 0.322 e. The summed E-state index contributed by atoms with van der Waals surface area (Å²) in [5.41, 5.74) is 2.55. The van der Waals surface area contributed by atoms with Gasteiger partial charge in [0, 0.05) is 55.4 Å². The Labute approximate surface area is 341 Å². The SMILES string of the molecule is CC(=O)OC(C)=O.CC(=O)OC(C)=O.CC(=O)OC(C)=O.CC(=O)OC(C)=O.O=C(CC(=O)Oc1ccccc1)Oc1ccccc1.c1ccc(-c2ccccc2)cc1. The molecule has 0 heterocycles. The Balaban J connectivity index is 0. The Morgan fingerprint density at radius 2 is 0.492 bits per heavy atom. The molecule has 0 saturated heterocycles. The number of para-hydroxylation sites is 2. The van der Waals surface area contributed by atoms with Crippen LogP contribution in [0.25, 0.3) is 11.1 Å². The molecule has 0 aromatic heterocycles. The first-order chi connectivity index (χ1) is 27.7. The lowest BCUT2D eigenvalue weighted by Gasteiger charge is -2.04. The molecule has 314 valence electrons. The van der Waals surface area contributed by atoms with Gasteiger partial charge in [0.05, 0.1) is 0 Å². The van der Waals surface area contributed by atoms with E-state index in [1.54, 1.807) is 60.7 Å². The minimum absolute atomic E-state index is 0.403. The molecule has 0 spiro atoms. The molecule has 4 rings (SSSR count). The van der Waals surface area contributed by atoms with Crippen molar-refractivity contribution in [2.75, 3.05) is 0 Å². The highest BCUT2D eigenvalue weighted by Crippen LogP contribution is 2.17. The largest absolute Gasteiger partial charge is 0.426 e. The molecule has 0 unspecified atom stereocenters. The third-order valence-electron chi connectivity index (χ3n) is 5.27. The van der Waals surface area contributed by atoms with Crippen molar-refractivity contribution in [3.8, 4) is 22.6 Å². The van der Waals surface area contributed by atoms with Gasteiger partial charge in [-0.15, -0.1) is 0 Å². The van der Waals surface area contributed by atoms with Gasteiger partial charge in [0.2, 0.25) is 0 Å². The van der Waals surface area contributed by atoms with Gasteiger partial charge in [0.1, 0.15) is 17.9 Å². The average molecular weight is 819 g/mol. The quantitative estimate of drug-likeness (QED) is 0.0928. The molecule has 0 atom stereocenters. The lowest BCUT2D eigenvalue weighted by Crippen LogP contribution is -2.18. The fourth-order valence-electron chi connectivity index (χ4n) is 3.50. The zero-order chi connectivity index (χ0) is 45.2. The number of benzene rings is 4. The zero-order valence-corrected chi connectivity index (χ0v) is 33.8. The van der Waals surface area contributed by atoms with Crippen LogP contribution in [0.1, 0.15) is 61.8 Å². The van der Waals surface area contributed by atoms with Crippen LogP contribution >= 0.6 is 0 Å². The van der Waals surface area contributed by atoms with Gasteiger partial charge in [-0.3, -0.25) is 47.9 Å². The number of carbonyl (C=O) groups is 10. The Bertz CT molecular complexity index is 1680. The fraction of sp³-hybridized carbons (Fsp3) is 0.209. The molecule has 0 amide bonds. The highest BCUT2D eigenvalue weighted by atomic mass is 16.6. The van der Waals surface area contributed by atoms with E-state index in [1.165, 1.54) is 66.5 Å². The number of carbonyl (C=O) groups excluding carboxylic acids is 10. The van der Waals surface area contributed by atoms with E-state index >= 15 is 0 Å². The summed E-state index contributed by atoms with van der Waals surface area (Å²) in [4.78, 5) is 101. The zero-order valence-electron chi connectivity index (χ0n) is 33.8. The van der Waals surface area contributed by atoms with Crippen LogP contribution in [0.5, 0.6) is 11.5 Å². The topological polar surface area (TPSA) is 226 Å². The third kappa shape index (κ3) is 37.1. The highest BCUT2D eigenvalue weighted by molar-refractivity contribution is 5.93. The van der Waals surface area contributed by atoms with Gasteiger partial charge in [-0.2, -0.15) is 0 Å². The monoisotopic (exact) mass is 818 g/mol. The molecule has 16 nitrogen and oxygen atoms in total. The van der Waals surface area contributed by atoms with Crippen molar-refractivity contribution >= 4 is 59.7 Å². The second kappa shape index (κ2) is 32.6. The van der Waals surface area contributed by atoms with Gasteiger partial charge < -0.3 is 28.4 Å². The summed E-state index contributed by atoms with van der Waals surface area (Å²) in [6.45, 7) is 9.46. The summed E-state index contributed by atoms with van der Waals surface area (Å²) in [5, 5.41) is 0. The summed E-state index contributed by atoms with van der Waals surface area (Å²) in [5.74, 6) is -4.99. The van der Waals surface area contributed by atoms with Crippen LogP contribution in [-0.4, -0.2) is 59.7 Å². The molecule has 0 radical (unpaired) electrons. The lowest BCUT2D eigenvalue weighted by molar-refractivity contribution is -0.158. The summed E-state index contributed by atoms with van der Waals surface area (Å²) in [7, 11) is 0. The van der Waals surface area contributed by atoms with Crippen LogP contribution < -0.4 is 9.47 Å². The van der Waals surface area contributed by atoms with E-state index in [0.717, 1.165) is 0 Å². The summed E-state index contributed by atoms with van der Waals surface area (Å²) in [6, 6.07) is 37.9. The van der Waals surface area contributed by atoms with E-state index in [-0.39, 0.29) is 0 Å². The highest BCUT2D eigenvalue weighted by Gasteiger charge is 2.13. The van der Waals surface area contributed by atoms with Gasteiger partial charge in [0.25, 0.3) is 0 Å². The number of hydrogen-bond donors (Lipinski definition) is 0. The summed E-state index contributed by atoms with van der Waals surface area (Å²) in [6.07, 6.45) is -0.427. The van der Waals surface area contributed by atoms with E-state index in [2.05, 4.69) is 67.5 Å². The third-order valence-corrected chi connectivity index (χ3v) is 5.27. The maximum absolute atomic E-state index is 11.5. The molecule has 0 saturated carbocycles. The lowest BCUT2D eigenvalue weighted by atomic mass is 10.1. The normalized spacial score (nSPS) is 8.75. The summed E-state index contributed by atoms with van der Waals surface area (Å²) >= 11 is 0. The molecule has 0 aliphatic carbocycles. The molecule has 59 heavy (non-hydrogen) atoms. The van der Waals surface area contributed by atoms with Gasteiger partial charge in [0.15, 0.2) is 0 Å². The van der Waals surface area contributed by atoms with Gasteiger partial charge >= 0.3 is 59.7 Å². The van der Waals surface area contributed by atoms with Crippen molar-refractivity contribution < 1.29 is 76.4 Å². The number of rotatable bonds is 5. The standard InChI is InChI=1S/C15H12O4.C12H10.4C4H6O3/c16-14(18-12-7-3-1-4-8-12)11-15(17)19-13-9-5-2-6-10-13;1-3-7-11(8-4-1)12-9-5-2-6-10-12;4*1-3(5)7-4(2)6/h1-10H,11H2;1-10H;4*1-2H3. The van der Waals surface area contributed by atoms with E-state index in [1.807, 2.05) is 12.1 Å². The van der Waals surface area contributed by atoms with Crippen LogP contribution in [0.3, 0.4) is 0 Å². The van der Waals surface area contributed by atoms with Crippen LogP contribution in [0.4, 0.5) is 0 Å². The predicted molar refractivity (Wildman–Crippen MR) is 210 cm³/mol. The Morgan fingerprint density at radius 1 is 0.305 bits per heavy atom. The first kappa shape index (κ1) is 53.5. The van der Waals surface area contributed by atoms with Crippen LogP contribution in [-0.2, 0) is 66.9 Å². The maximum atomic E-state index is 11.5. The van der Waals surface area contributed by atoms with E-state index in [9.17, 15) is 47.9 Å². The maximum Gasteiger partial charge on any atom is 0.322 e. The molecule has 0 fully saturated rings. The molecule has 0 aliphatic rings. The molecule has 4 aromatic rings. The Kier molecular flexibility index (Phi) is 29.6. The minimum atomic E-state index is -0.646. The Hall–Kier alpha value is -7.62. The van der Waals surface area contributed by atoms with E-state index in [4.69, 9.17) is 9.47 Å². The number of hydrogen-bond acceptors (Lipinski definition) is 16. The first-order valence-electron chi connectivity index (χ1n) is 17.1. The molecular formula is C43H46O16. The first-order valence-corrected chi connectivity index (χ1v) is 17.1. The van der Waals surface area contributed by atoms with Crippen molar-refractivity contribution in [3.05, 3.63) is 121 Å². The Morgan fingerprint density at radius 3 is 0.661 bits per heavy atom. The van der Waals surface area contributed by atoms with E-state index in [0.29, 0.717) is 11.5 Å². The van der Waals surface area contributed by atoms with Gasteiger partial charge in [-0.1, -0.05) is 97.1 Å². The second-order valence-corrected chi connectivity index (χ2v) is 10.8. The van der Waals surface area contributed by atoms with Crippen molar-refractivity contribution in [2.24, 2.45) is 0 Å². The molecule has 0 bridgehead atoms. The molecule has 16 heteroatoms. The van der Waals surface area contributed by atoms with Gasteiger partial charge in [-0.05, 0) is 35.4 Å². The van der Waals surface area contributed by atoms with Crippen molar-refractivity contribution in [3.63, 3.8) is 0 Å². The second-order valence-electron chi connectivity index (χ2n) is 10.8. The fourth-order valence-corrected chi connectivity index (χ4v) is 3.50. The van der Waals surface area contributed by atoms with Crippen LogP contribution in [0.15, 0.2) is 121 Å². The molecule has 4 aromatic carbocycles. The van der Waals surface area contributed by atoms with Crippen molar-refractivity contribution in [1.82, 2.24) is 0 Å². The molecular weight excluding hydrogens is 772 g/mol. The molecule has 0 aliphatic heterocycles. The average Bonchev–Trinajstić information content (AvgIpc) is 3.12. The molecule has 0 N–H and O–H groups in total. The summed E-state index contributed by atoms with van der Waals surface area (Å²) < 4.78 is 25.9. The van der Waals surface area contributed by atoms with Crippen molar-refractivity contribution in [1.29, 1.82) is 0 Å². The number of ether oxygens (including phenoxy) is 6. The van der Waals surface area contributed by atoms with Crippen LogP contribution in [0, 0.1) is 0 Å². The van der Waals surface area contributed by atoms with Crippen molar-refractivity contribution in [2.45, 2.75) is 61.8 Å². The van der Waals surface area contributed by atoms with E-state index < -0.39 is 66.1 Å². The number of esters is 10. The van der Waals surface area contributed by atoms with Crippen LogP contribution in [0.2, 0.25) is 0 Å². The predicted octanol–water partition coefficient (Wildman–Crippen LogP) is 6.33.